The van der Waals surface area contributed by atoms with E-state index >= 15 is 0 Å². The number of benzene rings is 6. The second-order valence-corrected chi connectivity index (χ2v) is 26.1. The number of hydrogen-bond acceptors (Lipinski definition) is 9. The summed E-state index contributed by atoms with van der Waals surface area (Å²) < 4.78 is 22.8. The number of rotatable bonds is 35. The van der Waals surface area contributed by atoms with Gasteiger partial charge in [-0.25, -0.2) is 9.59 Å². The highest BCUT2D eigenvalue weighted by Crippen LogP contribution is 2.32. The van der Waals surface area contributed by atoms with Gasteiger partial charge in [0, 0.05) is 2.85 Å². The molecule has 6 aromatic rings. The Morgan fingerprint density at radius 2 is 0.602 bits per heavy atom. The van der Waals surface area contributed by atoms with Gasteiger partial charge in [-0.2, -0.15) is 5.26 Å². The third-order valence-corrected chi connectivity index (χ3v) is 18.4. The van der Waals surface area contributed by atoms with Crippen LogP contribution in [0.25, 0.3) is 11.1 Å². The number of nitriles is 1. The fraction of sp³-hybridized carbons (Fsp3) is 0.512. The zero-order chi connectivity index (χ0) is 66.1. The summed E-state index contributed by atoms with van der Waals surface area (Å²) in [5, 5.41) is 8.79. The maximum Gasteiger partial charge on any atom is 0.338 e. The number of ether oxygens (including phenoxy) is 4. The first-order valence-corrected chi connectivity index (χ1v) is 36.3. The van der Waals surface area contributed by atoms with E-state index in [1.54, 1.807) is 0 Å². The Bertz CT molecular complexity index is 2910. The summed E-state index contributed by atoms with van der Waals surface area (Å²) in [6.45, 7) is 11.1. The van der Waals surface area contributed by atoms with Crippen LogP contribution in [-0.4, -0.2) is 36.1 Å². The lowest BCUT2D eigenvalue weighted by Crippen LogP contribution is -2.30. The van der Waals surface area contributed by atoms with Crippen molar-refractivity contribution in [1.29, 1.82) is 5.26 Å². The van der Waals surface area contributed by atoms with Crippen molar-refractivity contribution >= 4 is 23.9 Å². The molecule has 0 unspecified atom stereocenters. The van der Waals surface area contributed by atoms with Crippen molar-refractivity contribution in [3.63, 3.8) is 0 Å². The van der Waals surface area contributed by atoms with E-state index in [-0.39, 0.29) is 50.8 Å². The SMILES string of the molecule is CCCCCCCCc1ccc(OC(=O)C2CCC(C(=O)Oc3ccc(CCCCCCCC)cc3)CC2)cc1.CCCCCc1ccc(-c2ccc(C#N)cc2)cc1.CCCCCc1ccc(C(=O)OC2CCC(OC(=O)c3ccc(CCCCC)cc3)CC2)cc1.[HH].[HH]. The minimum atomic E-state index is -0.264. The van der Waals surface area contributed by atoms with E-state index in [2.05, 4.69) is 89.2 Å². The molecule has 9 heteroatoms. The summed E-state index contributed by atoms with van der Waals surface area (Å²) in [5.41, 5.74) is 10.8. The molecule has 93 heavy (non-hydrogen) atoms. The van der Waals surface area contributed by atoms with Gasteiger partial charge in [0.15, 0.2) is 0 Å². The van der Waals surface area contributed by atoms with Gasteiger partial charge >= 0.3 is 23.9 Å². The lowest BCUT2D eigenvalue weighted by Gasteiger charge is -2.28. The molecule has 0 bridgehead atoms. The summed E-state index contributed by atoms with van der Waals surface area (Å²) in [5.74, 6) is 0.00425. The Labute approximate surface area is 563 Å². The van der Waals surface area contributed by atoms with E-state index in [1.807, 2.05) is 97.1 Å². The zero-order valence-corrected chi connectivity index (χ0v) is 57.4. The molecule has 0 aromatic heterocycles. The molecule has 8 rings (SSSR count). The second-order valence-electron chi connectivity index (χ2n) is 26.1. The third-order valence-electron chi connectivity index (χ3n) is 18.4. The van der Waals surface area contributed by atoms with Crippen LogP contribution in [0.3, 0.4) is 0 Å². The minimum absolute atomic E-state index is 0. The van der Waals surface area contributed by atoms with Crippen LogP contribution in [0.5, 0.6) is 11.5 Å². The van der Waals surface area contributed by atoms with Crippen LogP contribution in [0.4, 0.5) is 0 Å². The van der Waals surface area contributed by atoms with Crippen LogP contribution in [0, 0.1) is 23.2 Å². The minimum Gasteiger partial charge on any atom is -0.459 e. The molecular weight excluding hydrogens is 1150 g/mol. The Balaban J connectivity index is 0.000000317. The van der Waals surface area contributed by atoms with Gasteiger partial charge in [-0.15, -0.1) is 0 Å². The number of carbonyl (C=O) groups excluding carboxylic acids is 4. The molecule has 2 saturated carbocycles. The smallest absolute Gasteiger partial charge is 0.338 e. The molecule has 504 valence electrons. The number of aryl methyl sites for hydroxylation is 5. The molecule has 0 radical (unpaired) electrons. The van der Waals surface area contributed by atoms with Crippen LogP contribution >= 0.6 is 0 Å². The molecule has 0 N–H and O–H groups in total. The van der Waals surface area contributed by atoms with Gasteiger partial charge in [-0.3, -0.25) is 9.59 Å². The molecule has 9 nitrogen and oxygen atoms in total. The maximum absolute atomic E-state index is 12.8. The second kappa shape index (κ2) is 44.3. The van der Waals surface area contributed by atoms with E-state index in [9.17, 15) is 19.2 Å². The Kier molecular flexibility index (Phi) is 35.6. The van der Waals surface area contributed by atoms with Crippen molar-refractivity contribution in [1.82, 2.24) is 0 Å². The van der Waals surface area contributed by atoms with Crippen molar-refractivity contribution in [2.24, 2.45) is 11.8 Å². The van der Waals surface area contributed by atoms with E-state index in [0.29, 0.717) is 53.9 Å². The topological polar surface area (TPSA) is 129 Å². The Morgan fingerprint density at radius 1 is 0.344 bits per heavy atom. The number of nitrogens with zero attached hydrogens (tertiary/aromatic N) is 1. The van der Waals surface area contributed by atoms with Gasteiger partial charge in [-0.05, 0) is 215 Å². The molecule has 6 aromatic carbocycles. The zero-order valence-electron chi connectivity index (χ0n) is 57.4. The molecular formula is C84H115NO8. The standard InChI is InChI=1S/C36H52O4.C30H40O4.C18H19N.2H2/c1-3-5-7-9-11-13-15-29-17-25-33(26-18-29)39-35(37)31-21-23-32(24-22-31)36(38)40-34-27-19-30(20-28-34)16-14-12-10-8-6-4-2;1-3-5-7-9-23-11-15-25(16-12-23)29(31)33-27-19-21-28(22-20-27)34-30(32)26-17-13-24(14-18-26)10-8-6-4-2;1-2-3-4-5-15-6-10-17(11-7-15)18-12-8-16(14-19)9-13-18;;/h17-20,25-28,31-32H,3-16,21-24H2,1-2H3;11-18,27-28H,3-10,19-22H2,1-2H3;6-13H,2-5H2,1H3;2*1H. The molecule has 0 amide bonds. The van der Waals surface area contributed by atoms with E-state index in [4.69, 9.17) is 24.2 Å². The van der Waals surface area contributed by atoms with Crippen molar-refractivity contribution in [2.45, 2.75) is 265 Å². The van der Waals surface area contributed by atoms with Gasteiger partial charge in [0.2, 0.25) is 0 Å². The highest BCUT2D eigenvalue weighted by molar-refractivity contribution is 5.90. The van der Waals surface area contributed by atoms with Crippen LogP contribution in [0.15, 0.2) is 146 Å². The summed E-state index contributed by atoms with van der Waals surface area (Å²) >= 11 is 0. The monoisotopic (exact) mass is 1270 g/mol. The number of esters is 4. The van der Waals surface area contributed by atoms with Crippen LogP contribution in [-0.2, 0) is 51.2 Å². The Hall–Kier alpha value is -7.31. The van der Waals surface area contributed by atoms with E-state index in [1.165, 1.54) is 180 Å². The van der Waals surface area contributed by atoms with Gasteiger partial charge in [-0.1, -0.05) is 222 Å². The van der Waals surface area contributed by atoms with Crippen LogP contribution < -0.4 is 9.47 Å². The average molecular weight is 1270 g/mol. The number of unbranched alkanes of at least 4 members (excludes halogenated alkanes) is 16. The summed E-state index contributed by atoms with van der Waals surface area (Å²) in [4.78, 5) is 50.6. The summed E-state index contributed by atoms with van der Waals surface area (Å²) in [7, 11) is 0. The summed E-state index contributed by atoms with van der Waals surface area (Å²) in [6, 6.07) is 50.2. The van der Waals surface area contributed by atoms with Crippen LogP contribution in [0.1, 0.15) is 278 Å². The number of hydrogen-bond donors (Lipinski definition) is 0. The molecule has 2 fully saturated rings. The molecule has 2 aliphatic rings. The molecule has 2 aliphatic carbocycles. The quantitative estimate of drug-likeness (QED) is 0.0217. The maximum atomic E-state index is 12.8. The highest BCUT2D eigenvalue weighted by atomic mass is 16.6. The first-order chi connectivity index (χ1) is 45.5. The predicted octanol–water partition coefficient (Wildman–Crippen LogP) is 22.7. The van der Waals surface area contributed by atoms with Gasteiger partial charge in [0.25, 0.3) is 0 Å². The molecule has 0 aliphatic heterocycles. The number of carbonyl (C=O) groups is 4. The van der Waals surface area contributed by atoms with Gasteiger partial charge in [0.05, 0.1) is 34.6 Å². The lowest BCUT2D eigenvalue weighted by molar-refractivity contribution is -0.145. The fourth-order valence-electron chi connectivity index (χ4n) is 12.3. The van der Waals surface area contributed by atoms with Gasteiger partial charge in [0.1, 0.15) is 23.7 Å². The summed E-state index contributed by atoms with van der Waals surface area (Å²) in [6.07, 6.45) is 37.3. The van der Waals surface area contributed by atoms with Crippen molar-refractivity contribution in [3.8, 4) is 28.7 Å². The molecule has 0 heterocycles. The normalized spacial score (nSPS) is 15.9. The molecule has 0 atom stereocenters. The van der Waals surface area contributed by atoms with Gasteiger partial charge < -0.3 is 18.9 Å². The van der Waals surface area contributed by atoms with Crippen LogP contribution in [0.2, 0.25) is 0 Å². The first kappa shape index (κ1) is 74.7. The van der Waals surface area contributed by atoms with E-state index < -0.39 is 0 Å². The molecule has 0 saturated heterocycles. The van der Waals surface area contributed by atoms with E-state index in [0.717, 1.165) is 51.4 Å². The average Bonchev–Trinajstić information content (AvgIpc) is 2.05. The largest absolute Gasteiger partial charge is 0.459 e. The molecule has 0 spiro atoms. The predicted molar refractivity (Wildman–Crippen MR) is 384 cm³/mol. The first-order valence-electron chi connectivity index (χ1n) is 36.3. The fourth-order valence-corrected chi connectivity index (χ4v) is 12.3. The van der Waals surface area contributed by atoms with Crippen molar-refractivity contribution in [3.05, 3.63) is 190 Å². The van der Waals surface area contributed by atoms with Crippen molar-refractivity contribution < 1.29 is 41.0 Å². The highest BCUT2D eigenvalue weighted by Gasteiger charge is 2.32. The Morgan fingerprint density at radius 3 is 0.914 bits per heavy atom. The third kappa shape index (κ3) is 28.8. The van der Waals surface area contributed by atoms with Crippen molar-refractivity contribution in [2.75, 3.05) is 0 Å². The lowest BCUT2D eigenvalue weighted by atomic mass is 9.82.